The van der Waals surface area contributed by atoms with Crippen LogP contribution in [0, 0.1) is 0 Å². The van der Waals surface area contributed by atoms with Crippen LogP contribution in [0.3, 0.4) is 0 Å². The second kappa shape index (κ2) is 9.60. The minimum atomic E-state index is 0.185. The zero-order valence-electron chi connectivity index (χ0n) is 20.9. The van der Waals surface area contributed by atoms with Crippen molar-refractivity contribution in [3.63, 3.8) is 0 Å². The smallest absolute Gasteiger partial charge is 0.164 e. The van der Waals surface area contributed by atoms with E-state index in [1.165, 1.54) is 5.70 Å². The molecule has 0 N–H and O–H groups in total. The maximum atomic E-state index is 6.24. The number of hydrogen-bond donors (Lipinski definition) is 0. The summed E-state index contributed by atoms with van der Waals surface area (Å²) in [5.74, 6) is 3.90. The quantitative estimate of drug-likeness (QED) is 0.296. The zero-order chi connectivity index (χ0) is 25.3. The third-order valence-corrected chi connectivity index (χ3v) is 7.10. The molecule has 2 aliphatic carbocycles. The molecule has 3 aromatic carbocycles. The lowest BCUT2D eigenvalue weighted by atomic mass is 9.96. The molecule has 0 radical (unpaired) electrons. The summed E-state index contributed by atoms with van der Waals surface area (Å²) < 4.78 is 6.24. The van der Waals surface area contributed by atoms with Crippen LogP contribution in [0.4, 0.5) is 5.69 Å². The van der Waals surface area contributed by atoms with Gasteiger partial charge in [0.2, 0.25) is 0 Å². The van der Waals surface area contributed by atoms with Crippen molar-refractivity contribution in [2.75, 3.05) is 4.90 Å². The van der Waals surface area contributed by atoms with Gasteiger partial charge in [-0.2, -0.15) is 0 Å². The molecule has 1 aromatic heterocycles. The highest BCUT2D eigenvalue weighted by Gasteiger charge is 2.31. The van der Waals surface area contributed by atoms with E-state index in [1.807, 2.05) is 72.8 Å². The predicted molar refractivity (Wildman–Crippen MR) is 151 cm³/mol. The molecule has 0 bridgehead atoms. The standard InChI is InChI=1S/C33H26N4O/c1-3-11-23(12-4-1)31-34-32(24-13-5-2-6-14-24)36-33(35-31)25-19-21-26(22-20-25)37-27-15-7-9-17-29(27)38-30-18-10-8-16-28(30)37/h1-7,9-15,17-21,26H,8,16,22H2. The molecule has 1 aliphatic heterocycles. The first-order valence-electron chi connectivity index (χ1n) is 13.0. The summed E-state index contributed by atoms with van der Waals surface area (Å²) in [5, 5.41) is 0. The summed E-state index contributed by atoms with van der Waals surface area (Å²) in [6.07, 6.45) is 13.8. The number of anilines is 1. The van der Waals surface area contributed by atoms with Gasteiger partial charge in [0, 0.05) is 16.7 Å². The van der Waals surface area contributed by atoms with Crippen molar-refractivity contribution >= 4 is 11.3 Å². The maximum Gasteiger partial charge on any atom is 0.164 e. The lowest BCUT2D eigenvalue weighted by Crippen LogP contribution is -2.37. The first-order valence-corrected chi connectivity index (χ1v) is 13.0. The summed E-state index contributed by atoms with van der Waals surface area (Å²) >= 11 is 0. The van der Waals surface area contributed by atoms with Crippen molar-refractivity contribution in [1.29, 1.82) is 0 Å². The Bertz CT molecular complexity index is 1560. The predicted octanol–water partition coefficient (Wildman–Crippen LogP) is 7.38. The van der Waals surface area contributed by atoms with Gasteiger partial charge in [0.25, 0.3) is 0 Å². The van der Waals surface area contributed by atoms with Gasteiger partial charge in [-0.15, -0.1) is 0 Å². The van der Waals surface area contributed by atoms with E-state index in [0.717, 1.165) is 53.2 Å². The molecule has 3 aliphatic rings. The third-order valence-electron chi connectivity index (χ3n) is 7.10. The van der Waals surface area contributed by atoms with Gasteiger partial charge in [-0.05, 0) is 37.5 Å². The van der Waals surface area contributed by atoms with Crippen LogP contribution in [0.15, 0.2) is 127 Å². The fraction of sp³-hybridized carbons (Fsp3) is 0.121. The van der Waals surface area contributed by atoms with Gasteiger partial charge < -0.3 is 9.64 Å². The molecule has 184 valence electrons. The van der Waals surface area contributed by atoms with Gasteiger partial charge in [-0.3, -0.25) is 0 Å². The van der Waals surface area contributed by atoms with Crippen molar-refractivity contribution in [2.45, 2.75) is 25.3 Å². The number of ether oxygens (including phenoxy) is 1. The lowest BCUT2D eigenvalue weighted by Gasteiger charge is -2.40. The Labute approximate surface area is 222 Å². The highest BCUT2D eigenvalue weighted by atomic mass is 16.5. The second-order valence-electron chi connectivity index (χ2n) is 9.55. The average Bonchev–Trinajstić information content (AvgIpc) is 3.00. The summed E-state index contributed by atoms with van der Waals surface area (Å²) in [5.41, 5.74) is 5.32. The van der Waals surface area contributed by atoms with Crippen LogP contribution in [0.2, 0.25) is 0 Å². The number of benzene rings is 3. The molecule has 1 atom stereocenters. The summed E-state index contributed by atoms with van der Waals surface area (Å²) in [6.45, 7) is 0. The first-order chi connectivity index (χ1) is 18.8. The van der Waals surface area contributed by atoms with Gasteiger partial charge in [0.05, 0.1) is 17.4 Å². The Balaban J connectivity index is 1.25. The number of hydrogen-bond acceptors (Lipinski definition) is 5. The van der Waals surface area contributed by atoms with E-state index in [1.54, 1.807) is 0 Å². The lowest BCUT2D eigenvalue weighted by molar-refractivity contribution is 0.412. The van der Waals surface area contributed by atoms with Crippen molar-refractivity contribution in [2.24, 2.45) is 0 Å². The number of para-hydroxylation sites is 2. The topological polar surface area (TPSA) is 51.1 Å². The highest BCUT2D eigenvalue weighted by Crippen LogP contribution is 2.43. The number of aromatic nitrogens is 3. The van der Waals surface area contributed by atoms with Crippen LogP contribution < -0.4 is 9.64 Å². The average molecular weight is 495 g/mol. The van der Waals surface area contributed by atoms with Gasteiger partial charge in [-0.1, -0.05) is 97.1 Å². The molecule has 0 spiro atoms. The van der Waals surface area contributed by atoms with Crippen molar-refractivity contribution in [3.8, 4) is 28.5 Å². The fourth-order valence-electron chi connectivity index (χ4n) is 5.25. The molecule has 5 heteroatoms. The Morgan fingerprint density at radius 2 is 1.37 bits per heavy atom. The number of allylic oxidation sites excluding steroid dienone is 5. The minimum Gasteiger partial charge on any atom is -0.453 e. The first kappa shape index (κ1) is 22.4. The van der Waals surface area contributed by atoms with E-state index in [9.17, 15) is 0 Å². The summed E-state index contributed by atoms with van der Waals surface area (Å²) in [6, 6.07) is 28.7. The van der Waals surface area contributed by atoms with E-state index in [0.29, 0.717) is 17.5 Å². The highest BCUT2D eigenvalue weighted by molar-refractivity contribution is 5.75. The molecule has 38 heavy (non-hydrogen) atoms. The van der Waals surface area contributed by atoms with Crippen LogP contribution >= 0.6 is 0 Å². The van der Waals surface area contributed by atoms with E-state index in [-0.39, 0.29) is 6.04 Å². The van der Waals surface area contributed by atoms with E-state index in [4.69, 9.17) is 19.7 Å². The van der Waals surface area contributed by atoms with Crippen LogP contribution in [-0.2, 0) is 0 Å². The van der Waals surface area contributed by atoms with E-state index in [2.05, 4.69) is 47.4 Å². The van der Waals surface area contributed by atoms with Crippen LogP contribution in [0.25, 0.3) is 28.3 Å². The maximum absolute atomic E-state index is 6.24. The summed E-state index contributed by atoms with van der Waals surface area (Å²) in [4.78, 5) is 17.1. The van der Waals surface area contributed by atoms with Crippen LogP contribution in [0.1, 0.15) is 25.1 Å². The van der Waals surface area contributed by atoms with Crippen molar-refractivity contribution < 1.29 is 4.74 Å². The molecule has 0 amide bonds. The number of fused-ring (bicyclic) bond motifs is 1. The molecule has 0 saturated carbocycles. The largest absolute Gasteiger partial charge is 0.453 e. The van der Waals surface area contributed by atoms with Gasteiger partial charge in [-0.25, -0.2) is 15.0 Å². The van der Waals surface area contributed by atoms with Crippen molar-refractivity contribution in [3.05, 3.63) is 133 Å². The Hall–Kier alpha value is -4.77. The van der Waals surface area contributed by atoms with E-state index < -0.39 is 0 Å². The Kier molecular flexibility index (Phi) is 5.66. The fourth-order valence-corrected chi connectivity index (χ4v) is 5.25. The molecule has 5 nitrogen and oxygen atoms in total. The monoisotopic (exact) mass is 494 g/mol. The van der Waals surface area contributed by atoms with E-state index >= 15 is 0 Å². The van der Waals surface area contributed by atoms with Gasteiger partial charge in [0.1, 0.15) is 5.76 Å². The van der Waals surface area contributed by atoms with Crippen LogP contribution in [-0.4, -0.2) is 21.0 Å². The molecular weight excluding hydrogens is 468 g/mol. The molecule has 0 fully saturated rings. The Morgan fingerprint density at radius 3 is 2.05 bits per heavy atom. The molecule has 0 saturated heterocycles. The van der Waals surface area contributed by atoms with Gasteiger partial charge in [0.15, 0.2) is 23.2 Å². The Morgan fingerprint density at radius 1 is 0.711 bits per heavy atom. The molecule has 1 unspecified atom stereocenters. The molecule has 2 heterocycles. The number of rotatable bonds is 4. The molecular formula is C33H26N4O. The zero-order valence-corrected chi connectivity index (χ0v) is 20.9. The number of nitrogens with zero attached hydrogens (tertiary/aromatic N) is 4. The van der Waals surface area contributed by atoms with Crippen molar-refractivity contribution in [1.82, 2.24) is 15.0 Å². The van der Waals surface area contributed by atoms with Gasteiger partial charge >= 0.3 is 0 Å². The molecule has 4 aromatic rings. The third kappa shape index (κ3) is 4.12. The second-order valence-corrected chi connectivity index (χ2v) is 9.55. The normalized spacial score (nSPS) is 17.9. The SMILES string of the molecule is C1=CC2=C(CC1)N(C1C=CC(c3nc(-c4ccccc4)nc(-c4ccccc4)n3)=CC1)c1ccccc1O2. The van der Waals surface area contributed by atoms with Crippen LogP contribution in [0.5, 0.6) is 5.75 Å². The minimum absolute atomic E-state index is 0.185. The molecule has 7 rings (SSSR count). The summed E-state index contributed by atoms with van der Waals surface area (Å²) in [7, 11) is 0.